The smallest absolute Gasteiger partial charge is 0.255 e. The maximum absolute atomic E-state index is 13.4. The molecule has 2 N–H and O–H groups in total. The number of carbonyl (C=O) groups is 3. The van der Waals surface area contributed by atoms with Crippen LogP contribution in [0, 0.1) is 5.92 Å². The summed E-state index contributed by atoms with van der Waals surface area (Å²) in [7, 11) is 0. The van der Waals surface area contributed by atoms with Crippen LogP contribution in [0.15, 0.2) is 54.6 Å². The van der Waals surface area contributed by atoms with Crippen LogP contribution in [0.3, 0.4) is 0 Å². The fourth-order valence-corrected chi connectivity index (χ4v) is 5.47. The maximum Gasteiger partial charge on any atom is 0.255 e. The number of likely N-dealkylation sites (tertiary alicyclic amines) is 1. The summed E-state index contributed by atoms with van der Waals surface area (Å²) in [5.74, 6) is 0.310. The third-order valence-corrected chi connectivity index (χ3v) is 7.59. The Morgan fingerprint density at radius 2 is 1.71 bits per heavy atom. The fourth-order valence-electron chi connectivity index (χ4n) is 5.47. The van der Waals surface area contributed by atoms with Crippen molar-refractivity contribution in [2.75, 3.05) is 25.0 Å². The number of halogens is 1. The highest BCUT2D eigenvalue weighted by atomic mass is 35.5. The summed E-state index contributed by atoms with van der Waals surface area (Å²) in [6.45, 7) is 9.16. The van der Waals surface area contributed by atoms with Gasteiger partial charge in [0, 0.05) is 37.4 Å². The lowest BCUT2D eigenvalue weighted by Gasteiger charge is -2.52. The van der Waals surface area contributed by atoms with Crippen molar-refractivity contribution in [1.29, 1.82) is 0 Å². The zero-order valence-electron chi connectivity index (χ0n) is 22.7. The summed E-state index contributed by atoms with van der Waals surface area (Å²) < 4.78 is 0. The zero-order valence-corrected chi connectivity index (χ0v) is 23.6. The molecule has 4 rings (SSSR count). The second kappa shape index (κ2) is 13.3. The lowest BCUT2D eigenvalue weighted by Crippen LogP contribution is -2.73. The molecule has 2 fully saturated rings. The Morgan fingerprint density at radius 3 is 2.32 bits per heavy atom. The molecule has 0 saturated carbocycles. The number of carbonyl (C=O) groups excluding carboxylic acids is 3. The number of piperazine rings is 1. The normalized spacial score (nSPS) is 19.3. The molecule has 3 amide bonds. The lowest BCUT2D eigenvalue weighted by atomic mass is 9.80. The van der Waals surface area contributed by atoms with Crippen molar-refractivity contribution < 1.29 is 14.4 Å². The van der Waals surface area contributed by atoms with Crippen molar-refractivity contribution in [2.24, 2.45) is 5.92 Å². The molecule has 8 heteroatoms. The Morgan fingerprint density at radius 1 is 1.05 bits per heavy atom. The van der Waals surface area contributed by atoms with Gasteiger partial charge in [0.1, 0.15) is 11.6 Å². The SMILES string of the molecule is CCCCN1C(=O)[C@H](CC(C)C)NC(=O)C12CCN(Cc1ccc(C(=O)Nc3ccccc3)cc1)CC2.Cl. The Bertz CT molecular complexity index is 1080. The highest BCUT2D eigenvalue weighted by Gasteiger charge is 2.53. The van der Waals surface area contributed by atoms with Crippen LogP contribution in [0.4, 0.5) is 5.69 Å². The number of para-hydroxylation sites is 1. The van der Waals surface area contributed by atoms with Crippen LogP contribution in [0.1, 0.15) is 68.8 Å². The maximum atomic E-state index is 13.4. The molecular formula is C30H41ClN4O3. The Labute approximate surface area is 232 Å². The summed E-state index contributed by atoms with van der Waals surface area (Å²) in [4.78, 5) is 43.6. The van der Waals surface area contributed by atoms with Crippen molar-refractivity contribution in [1.82, 2.24) is 15.1 Å². The average molecular weight is 541 g/mol. The van der Waals surface area contributed by atoms with Gasteiger partial charge in [0.15, 0.2) is 0 Å². The first kappa shape index (κ1) is 29.7. The van der Waals surface area contributed by atoms with Crippen LogP contribution in [0.5, 0.6) is 0 Å². The number of nitrogens with zero attached hydrogens (tertiary/aromatic N) is 2. The number of nitrogens with one attached hydrogen (secondary N) is 2. The quantitative estimate of drug-likeness (QED) is 0.475. The number of benzene rings is 2. The largest absolute Gasteiger partial charge is 0.342 e. The standard InChI is InChI=1S/C30H40N4O3.ClH/c1-4-5-17-34-28(36)26(20-22(2)3)32-29(37)30(34)15-18-33(19-16-30)21-23-11-13-24(14-12-23)27(35)31-25-9-7-6-8-10-25;/h6-14,22,26H,4-5,15-21H2,1-3H3,(H,31,35)(H,32,37);1H/t26-;/m0./s1. The highest BCUT2D eigenvalue weighted by molar-refractivity contribution is 6.04. The van der Waals surface area contributed by atoms with Gasteiger partial charge in [-0.05, 0) is 61.4 Å². The monoisotopic (exact) mass is 540 g/mol. The van der Waals surface area contributed by atoms with E-state index >= 15 is 0 Å². The number of unbranched alkanes of at least 4 members (excludes halogenated alkanes) is 1. The van der Waals surface area contributed by atoms with Crippen LogP contribution in [0.25, 0.3) is 0 Å². The van der Waals surface area contributed by atoms with Crippen LogP contribution >= 0.6 is 12.4 Å². The molecule has 2 aromatic rings. The minimum Gasteiger partial charge on any atom is -0.342 e. The van der Waals surface area contributed by atoms with Gasteiger partial charge in [-0.25, -0.2) is 0 Å². The second-order valence-electron chi connectivity index (χ2n) is 10.8. The van der Waals surface area contributed by atoms with E-state index in [4.69, 9.17) is 0 Å². The molecule has 0 aromatic heterocycles. The molecular weight excluding hydrogens is 500 g/mol. The van der Waals surface area contributed by atoms with Crippen LogP contribution in [-0.2, 0) is 16.1 Å². The minimum absolute atomic E-state index is 0. The topological polar surface area (TPSA) is 81.8 Å². The number of anilines is 1. The number of amides is 3. The average Bonchev–Trinajstić information content (AvgIpc) is 2.89. The first-order chi connectivity index (χ1) is 17.8. The predicted octanol–water partition coefficient (Wildman–Crippen LogP) is 4.87. The summed E-state index contributed by atoms with van der Waals surface area (Å²) in [6.07, 6.45) is 3.85. The molecule has 1 spiro atoms. The van der Waals surface area contributed by atoms with E-state index in [1.807, 2.05) is 59.5 Å². The van der Waals surface area contributed by atoms with E-state index in [0.717, 1.165) is 43.7 Å². The number of hydrogen-bond acceptors (Lipinski definition) is 4. The van der Waals surface area contributed by atoms with Crippen LogP contribution in [0.2, 0.25) is 0 Å². The highest BCUT2D eigenvalue weighted by Crippen LogP contribution is 2.34. The Balaban J connectivity index is 0.00000400. The predicted molar refractivity (Wildman–Crippen MR) is 153 cm³/mol. The fraction of sp³-hybridized carbons (Fsp3) is 0.500. The van der Waals surface area contributed by atoms with E-state index in [1.54, 1.807) is 0 Å². The first-order valence-electron chi connectivity index (χ1n) is 13.6. The van der Waals surface area contributed by atoms with Crippen LogP contribution in [-0.4, -0.2) is 58.7 Å². The van der Waals surface area contributed by atoms with E-state index in [1.165, 1.54) is 0 Å². The van der Waals surface area contributed by atoms with E-state index in [9.17, 15) is 14.4 Å². The molecule has 2 saturated heterocycles. The molecule has 2 aromatic carbocycles. The number of rotatable bonds is 9. The number of hydrogen-bond donors (Lipinski definition) is 2. The van der Waals surface area contributed by atoms with Gasteiger partial charge in [-0.2, -0.15) is 0 Å². The molecule has 2 aliphatic heterocycles. The zero-order chi connectivity index (χ0) is 26.4. The molecule has 0 bridgehead atoms. The van der Waals surface area contributed by atoms with Crippen molar-refractivity contribution in [3.8, 4) is 0 Å². The van der Waals surface area contributed by atoms with Gasteiger partial charge in [-0.3, -0.25) is 19.3 Å². The van der Waals surface area contributed by atoms with Crippen LogP contribution < -0.4 is 10.6 Å². The lowest BCUT2D eigenvalue weighted by molar-refractivity contribution is -0.161. The van der Waals surface area contributed by atoms with E-state index in [-0.39, 0.29) is 30.1 Å². The van der Waals surface area contributed by atoms with E-state index in [2.05, 4.69) is 36.3 Å². The molecule has 1 atom stereocenters. The van der Waals surface area contributed by atoms with E-state index in [0.29, 0.717) is 37.3 Å². The molecule has 0 aliphatic carbocycles. The van der Waals surface area contributed by atoms with Gasteiger partial charge in [-0.15, -0.1) is 12.4 Å². The molecule has 206 valence electrons. The molecule has 0 radical (unpaired) electrons. The summed E-state index contributed by atoms with van der Waals surface area (Å²) in [6, 6.07) is 16.7. The van der Waals surface area contributed by atoms with Gasteiger partial charge in [0.05, 0.1) is 0 Å². The summed E-state index contributed by atoms with van der Waals surface area (Å²) in [5.41, 5.74) is 1.77. The Kier molecular flexibility index (Phi) is 10.3. The van der Waals surface area contributed by atoms with Gasteiger partial charge in [0.2, 0.25) is 11.8 Å². The first-order valence-corrected chi connectivity index (χ1v) is 13.6. The molecule has 7 nitrogen and oxygen atoms in total. The minimum atomic E-state index is -0.740. The van der Waals surface area contributed by atoms with E-state index < -0.39 is 11.6 Å². The summed E-state index contributed by atoms with van der Waals surface area (Å²) >= 11 is 0. The van der Waals surface area contributed by atoms with Crippen molar-refractivity contribution in [3.63, 3.8) is 0 Å². The Hall–Kier alpha value is -2.90. The molecule has 2 aliphatic rings. The summed E-state index contributed by atoms with van der Waals surface area (Å²) in [5, 5.41) is 5.99. The third-order valence-electron chi connectivity index (χ3n) is 7.59. The molecule has 38 heavy (non-hydrogen) atoms. The van der Waals surface area contributed by atoms with Crippen molar-refractivity contribution in [2.45, 2.75) is 71.0 Å². The number of piperidine rings is 1. The molecule has 2 heterocycles. The third kappa shape index (κ3) is 6.75. The van der Waals surface area contributed by atoms with Crippen molar-refractivity contribution in [3.05, 3.63) is 65.7 Å². The van der Waals surface area contributed by atoms with Gasteiger partial charge < -0.3 is 15.5 Å². The van der Waals surface area contributed by atoms with Gasteiger partial charge >= 0.3 is 0 Å². The second-order valence-corrected chi connectivity index (χ2v) is 10.8. The van der Waals surface area contributed by atoms with Gasteiger partial charge in [-0.1, -0.05) is 57.5 Å². The van der Waals surface area contributed by atoms with Crippen molar-refractivity contribution >= 4 is 35.8 Å². The van der Waals surface area contributed by atoms with Gasteiger partial charge in [0.25, 0.3) is 5.91 Å². The molecule has 0 unspecified atom stereocenters.